The molecule has 1 aliphatic heterocycles. The quantitative estimate of drug-likeness (QED) is 0.920. The van der Waals surface area contributed by atoms with Crippen molar-refractivity contribution in [2.45, 2.75) is 32.0 Å². The highest BCUT2D eigenvalue weighted by molar-refractivity contribution is 7.13. The van der Waals surface area contributed by atoms with E-state index in [0.717, 1.165) is 10.6 Å². The Morgan fingerprint density at radius 3 is 2.86 bits per heavy atom. The van der Waals surface area contributed by atoms with Crippen LogP contribution in [0.15, 0.2) is 5.38 Å². The second-order valence-corrected chi connectivity index (χ2v) is 5.66. The fourth-order valence-corrected chi connectivity index (χ4v) is 2.78. The van der Waals surface area contributed by atoms with Crippen LogP contribution in [0, 0.1) is 6.92 Å². The average Bonchev–Trinajstić information content (AvgIpc) is 3.04. The van der Waals surface area contributed by atoms with Crippen LogP contribution >= 0.6 is 11.3 Å². The Labute approximate surface area is 128 Å². The van der Waals surface area contributed by atoms with Crippen LogP contribution < -0.4 is 5.32 Å². The number of amides is 2. The molecule has 2 amide bonds. The van der Waals surface area contributed by atoms with E-state index < -0.39 is 30.8 Å². The summed E-state index contributed by atoms with van der Waals surface area (Å²) in [7, 11) is 0. The zero-order valence-electron chi connectivity index (χ0n) is 11.6. The third kappa shape index (κ3) is 4.33. The van der Waals surface area contributed by atoms with Crippen molar-refractivity contribution in [1.29, 1.82) is 0 Å². The van der Waals surface area contributed by atoms with Gasteiger partial charge in [0.2, 0.25) is 5.91 Å². The second-order valence-electron chi connectivity index (χ2n) is 4.80. The van der Waals surface area contributed by atoms with Crippen LogP contribution in [0.4, 0.5) is 23.1 Å². The largest absolute Gasteiger partial charge is 0.440 e. The van der Waals surface area contributed by atoms with Crippen molar-refractivity contribution in [1.82, 2.24) is 9.88 Å². The van der Waals surface area contributed by atoms with E-state index in [4.69, 9.17) is 0 Å². The van der Waals surface area contributed by atoms with Crippen molar-refractivity contribution in [3.8, 4) is 0 Å². The molecule has 10 heteroatoms. The van der Waals surface area contributed by atoms with Crippen molar-refractivity contribution in [3.63, 3.8) is 0 Å². The molecule has 1 aromatic rings. The fraction of sp³-hybridized carbons (Fsp3) is 0.583. The minimum absolute atomic E-state index is 0.186. The van der Waals surface area contributed by atoms with E-state index in [2.05, 4.69) is 15.0 Å². The van der Waals surface area contributed by atoms with Gasteiger partial charge in [-0.3, -0.25) is 9.69 Å². The summed E-state index contributed by atoms with van der Waals surface area (Å²) in [5, 5.41) is 4.70. The molecule has 1 atom stereocenters. The molecule has 122 valence electrons. The maximum absolute atomic E-state index is 12.1. The first-order chi connectivity index (χ1) is 10.3. The SMILES string of the molecule is Cc1csc(NC(=O)C2CCCN2C(=O)OCC(F)(F)F)n1. The predicted molar refractivity (Wildman–Crippen MR) is 72.6 cm³/mol. The lowest BCUT2D eigenvalue weighted by molar-refractivity contribution is -0.162. The molecule has 1 aromatic heterocycles. The average molecular weight is 337 g/mol. The Morgan fingerprint density at radius 1 is 1.55 bits per heavy atom. The van der Waals surface area contributed by atoms with Gasteiger partial charge in [-0.1, -0.05) is 0 Å². The van der Waals surface area contributed by atoms with Gasteiger partial charge in [0.1, 0.15) is 6.04 Å². The van der Waals surface area contributed by atoms with Gasteiger partial charge in [0.15, 0.2) is 11.7 Å². The number of hydrogen-bond donors (Lipinski definition) is 1. The molecule has 0 bridgehead atoms. The van der Waals surface area contributed by atoms with Gasteiger partial charge in [-0.15, -0.1) is 11.3 Å². The van der Waals surface area contributed by atoms with E-state index in [0.29, 0.717) is 18.0 Å². The summed E-state index contributed by atoms with van der Waals surface area (Å²) in [6, 6.07) is -0.843. The number of alkyl halides is 3. The van der Waals surface area contributed by atoms with Crippen molar-refractivity contribution < 1.29 is 27.5 Å². The molecule has 1 saturated heterocycles. The highest BCUT2D eigenvalue weighted by Gasteiger charge is 2.37. The van der Waals surface area contributed by atoms with Crippen molar-refractivity contribution in [3.05, 3.63) is 11.1 Å². The zero-order valence-corrected chi connectivity index (χ0v) is 12.5. The van der Waals surface area contributed by atoms with E-state index in [1.165, 1.54) is 11.3 Å². The number of aryl methyl sites for hydroxylation is 1. The maximum atomic E-state index is 12.1. The van der Waals surface area contributed by atoms with Gasteiger partial charge in [0, 0.05) is 11.9 Å². The van der Waals surface area contributed by atoms with E-state index in [1.807, 2.05) is 0 Å². The molecule has 0 spiro atoms. The molecular weight excluding hydrogens is 323 g/mol. The lowest BCUT2D eigenvalue weighted by Gasteiger charge is -2.23. The fourth-order valence-electron chi connectivity index (χ4n) is 2.08. The number of halogens is 3. The van der Waals surface area contributed by atoms with Crippen molar-refractivity contribution >= 4 is 28.5 Å². The van der Waals surface area contributed by atoms with Gasteiger partial charge in [-0.25, -0.2) is 9.78 Å². The monoisotopic (exact) mass is 337 g/mol. The summed E-state index contributed by atoms with van der Waals surface area (Å²) >= 11 is 1.23. The Morgan fingerprint density at radius 2 is 2.27 bits per heavy atom. The number of likely N-dealkylation sites (tertiary alicyclic amines) is 1. The molecule has 0 aliphatic carbocycles. The summed E-state index contributed by atoms with van der Waals surface area (Å²) in [5.41, 5.74) is 0.744. The standard InChI is InChI=1S/C12H14F3N3O3S/c1-7-5-22-10(16-7)17-9(19)8-3-2-4-18(8)11(20)21-6-12(13,14)15/h5,8H,2-4,6H2,1H3,(H,16,17,19). The summed E-state index contributed by atoms with van der Waals surface area (Å²) in [6.45, 7) is 0.288. The molecule has 0 radical (unpaired) electrons. The first-order valence-electron chi connectivity index (χ1n) is 6.49. The predicted octanol–water partition coefficient (Wildman–Crippen LogP) is 2.55. The molecule has 1 aliphatic rings. The molecule has 6 nitrogen and oxygen atoms in total. The number of carbonyl (C=O) groups is 2. The molecule has 2 rings (SSSR count). The van der Waals surface area contributed by atoms with E-state index >= 15 is 0 Å². The van der Waals surface area contributed by atoms with Crippen molar-refractivity contribution in [2.24, 2.45) is 0 Å². The third-order valence-corrected chi connectivity index (χ3v) is 3.87. The Balaban J connectivity index is 1.94. The van der Waals surface area contributed by atoms with Gasteiger partial charge >= 0.3 is 12.3 Å². The van der Waals surface area contributed by atoms with Gasteiger partial charge < -0.3 is 10.1 Å². The van der Waals surface area contributed by atoms with Crippen LogP contribution in [0.3, 0.4) is 0 Å². The lowest BCUT2D eigenvalue weighted by Crippen LogP contribution is -2.44. The second kappa shape index (κ2) is 6.51. The number of thiazole rings is 1. The van der Waals surface area contributed by atoms with Crippen molar-refractivity contribution in [2.75, 3.05) is 18.5 Å². The van der Waals surface area contributed by atoms with Gasteiger partial charge in [-0.2, -0.15) is 13.2 Å². The molecule has 0 saturated carbocycles. The molecule has 1 unspecified atom stereocenters. The van der Waals surface area contributed by atoms with E-state index in [9.17, 15) is 22.8 Å². The first kappa shape index (κ1) is 16.5. The number of rotatable bonds is 3. The highest BCUT2D eigenvalue weighted by atomic mass is 32.1. The third-order valence-electron chi connectivity index (χ3n) is 3.00. The Bertz CT molecular complexity index is 561. The summed E-state index contributed by atoms with van der Waals surface area (Å²) < 4.78 is 40.4. The first-order valence-corrected chi connectivity index (χ1v) is 7.37. The minimum Gasteiger partial charge on any atom is -0.440 e. The Hall–Kier alpha value is -1.84. The topological polar surface area (TPSA) is 71.5 Å². The minimum atomic E-state index is -4.59. The summed E-state index contributed by atoms with van der Waals surface area (Å²) in [4.78, 5) is 28.9. The number of anilines is 1. The molecule has 1 N–H and O–H groups in total. The molecule has 1 fully saturated rings. The van der Waals surface area contributed by atoms with E-state index in [-0.39, 0.29) is 6.54 Å². The maximum Gasteiger partial charge on any atom is 0.422 e. The number of aromatic nitrogens is 1. The van der Waals surface area contributed by atoms with Crippen LogP contribution in [-0.2, 0) is 9.53 Å². The number of nitrogens with zero attached hydrogens (tertiary/aromatic N) is 2. The normalized spacial score (nSPS) is 18.4. The molecule has 2 heterocycles. The number of ether oxygens (including phenoxy) is 1. The van der Waals surface area contributed by atoms with Gasteiger partial charge in [0.05, 0.1) is 5.69 Å². The highest BCUT2D eigenvalue weighted by Crippen LogP contribution is 2.23. The Kier molecular flexibility index (Phi) is 4.89. The smallest absolute Gasteiger partial charge is 0.422 e. The van der Waals surface area contributed by atoms with Gasteiger partial charge in [0.25, 0.3) is 0 Å². The molecular formula is C12H14F3N3O3S. The molecule has 0 aromatic carbocycles. The van der Waals surface area contributed by atoms with Crippen LogP contribution in [0.1, 0.15) is 18.5 Å². The van der Waals surface area contributed by atoms with Crippen LogP contribution in [0.2, 0.25) is 0 Å². The van der Waals surface area contributed by atoms with Crippen LogP contribution in [0.25, 0.3) is 0 Å². The summed E-state index contributed by atoms with van der Waals surface area (Å²) in [6.07, 6.45) is -4.83. The number of hydrogen-bond acceptors (Lipinski definition) is 5. The number of nitrogens with one attached hydrogen (secondary N) is 1. The summed E-state index contributed by atoms with van der Waals surface area (Å²) in [5.74, 6) is -0.476. The van der Waals surface area contributed by atoms with E-state index in [1.54, 1.807) is 12.3 Å². The van der Waals surface area contributed by atoms with Crippen LogP contribution in [-0.4, -0.2) is 47.3 Å². The molecule has 22 heavy (non-hydrogen) atoms. The zero-order chi connectivity index (χ0) is 16.3. The lowest BCUT2D eigenvalue weighted by atomic mass is 10.2. The van der Waals surface area contributed by atoms with Gasteiger partial charge in [-0.05, 0) is 19.8 Å². The number of carbonyl (C=O) groups excluding carboxylic acids is 2. The van der Waals surface area contributed by atoms with Crippen LogP contribution in [0.5, 0.6) is 0 Å².